The number of rotatable bonds is 2. The SMILES string of the molecule is O=C(O)c1[nH]c2ccc(F)cc2c1C1CCNCC1. The van der Waals surface area contributed by atoms with Crippen molar-refractivity contribution in [3.05, 3.63) is 35.3 Å². The summed E-state index contributed by atoms with van der Waals surface area (Å²) < 4.78 is 13.4. The number of hydrogen-bond donors (Lipinski definition) is 3. The lowest BCUT2D eigenvalue weighted by molar-refractivity contribution is 0.0689. The Bertz CT molecular complexity index is 630. The van der Waals surface area contributed by atoms with E-state index in [-0.39, 0.29) is 17.4 Å². The Morgan fingerprint density at radius 3 is 2.74 bits per heavy atom. The van der Waals surface area contributed by atoms with E-state index in [2.05, 4.69) is 10.3 Å². The molecule has 5 heteroatoms. The zero-order chi connectivity index (χ0) is 13.4. The van der Waals surface area contributed by atoms with Crippen LogP contribution >= 0.6 is 0 Å². The number of aromatic nitrogens is 1. The molecular weight excluding hydrogens is 247 g/mol. The van der Waals surface area contributed by atoms with Crippen LogP contribution in [0.5, 0.6) is 0 Å². The van der Waals surface area contributed by atoms with Crippen molar-refractivity contribution in [3.63, 3.8) is 0 Å². The van der Waals surface area contributed by atoms with Crippen molar-refractivity contribution in [1.82, 2.24) is 10.3 Å². The molecular formula is C14H15FN2O2. The van der Waals surface area contributed by atoms with Crippen LogP contribution in [0.1, 0.15) is 34.8 Å². The molecule has 1 aliphatic rings. The van der Waals surface area contributed by atoms with E-state index in [9.17, 15) is 14.3 Å². The first-order chi connectivity index (χ1) is 9.16. The lowest BCUT2D eigenvalue weighted by Gasteiger charge is -2.23. The number of halogens is 1. The molecule has 0 unspecified atom stereocenters. The van der Waals surface area contributed by atoms with Crippen LogP contribution in [-0.2, 0) is 0 Å². The number of carbonyl (C=O) groups is 1. The fraction of sp³-hybridized carbons (Fsp3) is 0.357. The molecule has 0 bridgehead atoms. The fourth-order valence-electron chi connectivity index (χ4n) is 2.89. The molecule has 1 aromatic heterocycles. The second-order valence-electron chi connectivity index (χ2n) is 4.93. The molecule has 1 aliphatic heterocycles. The van der Waals surface area contributed by atoms with Gasteiger partial charge in [-0.3, -0.25) is 0 Å². The smallest absolute Gasteiger partial charge is 0.352 e. The summed E-state index contributed by atoms with van der Waals surface area (Å²) in [5.41, 5.74) is 1.64. The first-order valence-corrected chi connectivity index (χ1v) is 6.42. The number of fused-ring (bicyclic) bond motifs is 1. The monoisotopic (exact) mass is 262 g/mol. The van der Waals surface area contributed by atoms with Gasteiger partial charge in [-0.15, -0.1) is 0 Å². The third kappa shape index (κ3) is 2.10. The van der Waals surface area contributed by atoms with Crippen LogP contribution in [0.3, 0.4) is 0 Å². The van der Waals surface area contributed by atoms with Gasteiger partial charge in [0.15, 0.2) is 0 Å². The lowest BCUT2D eigenvalue weighted by atomic mass is 9.88. The van der Waals surface area contributed by atoms with Crippen molar-refractivity contribution in [2.24, 2.45) is 0 Å². The number of aromatic carboxylic acids is 1. The van der Waals surface area contributed by atoms with E-state index in [4.69, 9.17) is 0 Å². The van der Waals surface area contributed by atoms with Crippen molar-refractivity contribution >= 4 is 16.9 Å². The van der Waals surface area contributed by atoms with Gasteiger partial charge in [-0.25, -0.2) is 9.18 Å². The third-order valence-corrected chi connectivity index (χ3v) is 3.76. The summed E-state index contributed by atoms with van der Waals surface area (Å²) in [6.07, 6.45) is 1.76. The van der Waals surface area contributed by atoms with Gasteiger partial charge in [-0.1, -0.05) is 0 Å². The van der Waals surface area contributed by atoms with Gasteiger partial charge in [0.1, 0.15) is 11.5 Å². The Balaban J connectivity index is 2.20. The molecule has 0 radical (unpaired) electrons. The number of aromatic amines is 1. The van der Waals surface area contributed by atoms with Crippen LogP contribution in [0.25, 0.3) is 10.9 Å². The van der Waals surface area contributed by atoms with Crippen molar-refractivity contribution in [2.45, 2.75) is 18.8 Å². The number of carboxylic acids is 1. The molecule has 0 spiro atoms. The van der Waals surface area contributed by atoms with Crippen LogP contribution in [0.2, 0.25) is 0 Å². The van der Waals surface area contributed by atoms with Gasteiger partial charge in [0.2, 0.25) is 0 Å². The van der Waals surface area contributed by atoms with Gasteiger partial charge in [0.25, 0.3) is 0 Å². The average Bonchev–Trinajstić information content (AvgIpc) is 2.78. The normalized spacial score (nSPS) is 16.9. The third-order valence-electron chi connectivity index (χ3n) is 3.76. The maximum Gasteiger partial charge on any atom is 0.352 e. The van der Waals surface area contributed by atoms with E-state index >= 15 is 0 Å². The zero-order valence-corrected chi connectivity index (χ0v) is 10.4. The van der Waals surface area contributed by atoms with E-state index in [1.165, 1.54) is 12.1 Å². The molecule has 2 aromatic rings. The number of benzene rings is 1. The van der Waals surface area contributed by atoms with E-state index in [0.29, 0.717) is 10.9 Å². The van der Waals surface area contributed by atoms with E-state index in [1.54, 1.807) is 6.07 Å². The molecule has 1 aromatic carbocycles. The Labute approximate surface area is 109 Å². The van der Waals surface area contributed by atoms with Gasteiger partial charge in [-0.05, 0) is 55.6 Å². The molecule has 4 nitrogen and oxygen atoms in total. The molecule has 3 N–H and O–H groups in total. The van der Waals surface area contributed by atoms with Gasteiger partial charge in [0.05, 0.1) is 0 Å². The van der Waals surface area contributed by atoms with Gasteiger partial charge < -0.3 is 15.4 Å². The van der Waals surface area contributed by atoms with Crippen LogP contribution < -0.4 is 5.32 Å². The fourth-order valence-corrected chi connectivity index (χ4v) is 2.89. The highest BCUT2D eigenvalue weighted by atomic mass is 19.1. The van der Waals surface area contributed by atoms with Crippen LogP contribution in [0.15, 0.2) is 18.2 Å². The minimum atomic E-state index is -0.981. The molecule has 1 fully saturated rings. The summed E-state index contributed by atoms with van der Waals surface area (Å²) in [6, 6.07) is 4.37. The number of hydrogen-bond acceptors (Lipinski definition) is 2. The topological polar surface area (TPSA) is 65.1 Å². The largest absolute Gasteiger partial charge is 0.477 e. The highest BCUT2D eigenvalue weighted by Gasteiger charge is 2.25. The Morgan fingerprint density at radius 1 is 1.32 bits per heavy atom. The highest BCUT2D eigenvalue weighted by molar-refractivity contribution is 5.97. The first kappa shape index (κ1) is 12.2. The van der Waals surface area contributed by atoms with Crippen LogP contribution in [0, 0.1) is 5.82 Å². The molecule has 0 saturated carbocycles. The predicted molar refractivity (Wildman–Crippen MR) is 70.1 cm³/mol. The van der Waals surface area contributed by atoms with E-state index in [1.807, 2.05) is 0 Å². The maximum absolute atomic E-state index is 13.4. The molecule has 3 rings (SSSR count). The highest BCUT2D eigenvalue weighted by Crippen LogP contribution is 2.34. The van der Waals surface area contributed by atoms with E-state index < -0.39 is 5.97 Å². The second kappa shape index (κ2) is 4.66. The standard InChI is InChI=1S/C14H15FN2O2/c15-9-1-2-11-10(7-9)12(13(17-11)14(18)19)8-3-5-16-6-4-8/h1-2,7-8,16-17H,3-6H2,(H,18,19). The van der Waals surface area contributed by atoms with Crippen molar-refractivity contribution in [1.29, 1.82) is 0 Å². The molecule has 0 aliphatic carbocycles. The maximum atomic E-state index is 13.4. The molecule has 1 saturated heterocycles. The molecule has 19 heavy (non-hydrogen) atoms. The van der Waals surface area contributed by atoms with E-state index in [0.717, 1.165) is 31.5 Å². The predicted octanol–water partition coefficient (Wildman–Crippen LogP) is 2.47. The van der Waals surface area contributed by atoms with Gasteiger partial charge in [0, 0.05) is 10.9 Å². The Kier molecular flexibility index (Phi) is 2.98. The van der Waals surface area contributed by atoms with Crippen molar-refractivity contribution in [3.8, 4) is 0 Å². The number of piperidine rings is 1. The first-order valence-electron chi connectivity index (χ1n) is 6.42. The minimum absolute atomic E-state index is 0.169. The number of H-pyrrole nitrogens is 1. The summed E-state index contributed by atoms with van der Waals surface area (Å²) >= 11 is 0. The Hall–Kier alpha value is -1.88. The minimum Gasteiger partial charge on any atom is -0.477 e. The molecule has 0 atom stereocenters. The number of nitrogens with one attached hydrogen (secondary N) is 2. The zero-order valence-electron chi connectivity index (χ0n) is 10.4. The summed E-state index contributed by atoms with van der Waals surface area (Å²) in [4.78, 5) is 14.3. The van der Waals surface area contributed by atoms with Gasteiger partial charge >= 0.3 is 5.97 Å². The molecule has 0 amide bonds. The van der Waals surface area contributed by atoms with Crippen LogP contribution in [0.4, 0.5) is 4.39 Å². The summed E-state index contributed by atoms with van der Waals surface area (Å²) in [6.45, 7) is 1.73. The van der Waals surface area contributed by atoms with Crippen LogP contribution in [-0.4, -0.2) is 29.1 Å². The van der Waals surface area contributed by atoms with Crippen molar-refractivity contribution in [2.75, 3.05) is 13.1 Å². The van der Waals surface area contributed by atoms with Gasteiger partial charge in [-0.2, -0.15) is 0 Å². The Morgan fingerprint density at radius 2 is 2.05 bits per heavy atom. The lowest BCUT2D eigenvalue weighted by Crippen LogP contribution is -2.27. The molecule has 100 valence electrons. The quantitative estimate of drug-likeness (QED) is 0.779. The molecule has 2 heterocycles. The number of carboxylic acid groups (broad SMARTS) is 1. The summed E-state index contributed by atoms with van der Waals surface area (Å²) in [5.74, 6) is -1.15. The summed E-state index contributed by atoms with van der Waals surface area (Å²) in [5, 5.41) is 13.3. The second-order valence-corrected chi connectivity index (χ2v) is 4.93. The average molecular weight is 262 g/mol. The van der Waals surface area contributed by atoms with Crippen molar-refractivity contribution < 1.29 is 14.3 Å². The summed E-state index contributed by atoms with van der Waals surface area (Å²) in [7, 11) is 0.